The lowest BCUT2D eigenvalue weighted by Crippen LogP contribution is -2.58. The minimum absolute atomic E-state index is 0.184. The van der Waals surface area contributed by atoms with Crippen molar-refractivity contribution >= 4 is 11.7 Å². The van der Waals surface area contributed by atoms with Crippen LogP contribution in [0.3, 0.4) is 0 Å². The van der Waals surface area contributed by atoms with Crippen molar-refractivity contribution in [3.05, 3.63) is 28.8 Å². The van der Waals surface area contributed by atoms with E-state index in [4.69, 9.17) is 15.2 Å². The van der Waals surface area contributed by atoms with E-state index in [0.717, 1.165) is 5.56 Å². The molecule has 8 nitrogen and oxygen atoms in total. The molecule has 2 rings (SSSR count). The molecular weight excluding hydrogens is 294 g/mol. The van der Waals surface area contributed by atoms with Gasteiger partial charge < -0.3 is 35.6 Å². The van der Waals surface area contributed by atoms with Crippen LogP contribution in [0.15, 0.2) is 12.1 Å². The van der Waals surface area contributed by atoms with Crippen LogP contribution in [0, 0.1) is 13.8 Å². The maximum Gasteiger partial charge on any atom is 0.340 e. The van der Waals surface area contributed by atoms with Gasteiger partial charge in [-0.25, -0.2) is 4.79 Å². The molecular formula is C14H19NO7. The molecule has 122 valence electrons. The van der Waals surface area contributed by atoms with E-state index in [9.17, 15) is 25.2 Å². The summed E-state index contributed by atoms with van der Waals surface area (Å²) in [7, 11) is 0. The van der Waals surface area contributed by atoms with E-state index in [2.05, 4.69) is 0 Å². The topological polar surface area (TPSA) is 142 Å². The Bertz CT molecular complexity index is 577. The minimum Gasteiger partial charge on any atom is -0.429 e. The van der Waals surface area contributed by atoms with Gasteiger partial charge in [0.2, 0.25) is 6.29 Å². The molecule has 8 heteroatoms. The third-order valence-corrected chi connectivity index (χ3v) is 3.68. The SMILES string of the molecule is Cc1cc(N)cc(C(=O)O[C@H]2O[C@@H](O)[C@H](O)[C@H](O)[C@@H]2O)c1C. The lowest BCUT2D eigenvalue weighted by Gasteiger charge is -2.37. The zero-order valence-corrected chi connectivity index (χ0v) is 12.1. The average Bonchev–Trinajstić information content (AvgIpc) is 2.46. The number of hydrogen-bond donors (Lipinski definition) is 5. The second-order valence-corrected chi connectivity index (χ2v) is 5.28. The highest BCUT2D eigenvalue weighted by Crippen LogP contribution is 2.24. The predicted octanol–water partition coefficient (Wildman–Crippen LogP) is -1.20. The summed E-state index contributed by atoms with van der Waals surface area (Å²) in [5.74, 6) is -0.826. The lowest BCUT2D eigenvalue weighted by atomic mass is 10.0. The Hall–Kier alpha value is -1.71. The number of rotatable bonds is 2. The van der Waals surface area contributed by atoms with Gasteiger partial charge in [0.15, 0.2) is 6.29 Å². The highest BCUT2D eigenvalue weighted by Gasteiger charge is 2.45. The quantitative estimate of drug-likeness (QED) is 0.338. The van der Waals surface area contributed by atoms with E-state index in [1.807, 2.05) is 0 Å². The second kappa shape index (κ2) is 6.19. The molecule has 22 heavy (non-hydrogen) atoms. The van der Waals surface area contributed by atoms with Crippen LogP contribution in [0.2, 0.25) is 0 Å². The fraction of sp³-hybridized carbons (Fsp3) is 0.500. The summed E-state index contributed by atoms with van der Waals surface area (Å²) in [4.78, 5) is 12.2. The van der Waals surface area contributed by atoms with Crippen molar-refractivity contribution in [3.8, 4) is 0 Å². The van der Waals surface area contributed by atoms with E-state index in [-0.39, 0.29) is 5.56 Å². The van der Waals surface area contributed by atoms with Gasteiger partial charge in [0.05, 0.1) is 5.56 Å². The van der Waals surface area contributed by atoms with Gasteiger partial charge >= 0.3 is 5.97 Å². The largest absolute Gasteiger partial charge is 0.429 e. The Morgan fingerprint density at radius 1 is 1.14 bits per heavy atom. The Kier molecular flexibility index (Phi) is 4.69. The van der Waals surface area contributed by atoms with Crippen LogP contribution in [0.4, 0.5) is 5.69 Å². The van der Waals surface area contributed by atoms with E-state index < -0.39 is 36.9 Å². The second-order valence-electron chi connectivity index (χ2n) is 5.28. The molecule has 1 aliphatic rings. The molecule has 0 bridgehead atoms. The number of hydrogen-bond acceptors (Lipinski definition) is 8. The zero-order valence-electron chi connectivity index (χ0n) is 12.1. The maximum absolute atomic E-state index is 12.2. The highest BCUT2D eigenvalue weighted by molar-refractivity contribution is 5.92. The number of nitrogen functional groups attached to an aromatic ring is 1. The van der Waals surface area contributed by atoms with Crippen LogP contribution in [0.1, 0.15) is 21.5 Å². The summed E-state index contributed by atoms with van der Waals surface area (Å²) in [6, 6.07) is 3.11. The van der Waals surface area contributed by atoms with Gasteiger partial charge in [-0.05, 0) is 37.1 Å². The fourth-order valence-electron chi connectivity index (χ4n) is 2.20. The number of carbonyl (C=O) groups excluding carboxylic acids is 1. The summed E-state index contributed by atoms with van der Waals surface area (Å²) in [6.45, 7) is 3.48. The van der Waals surface area contributed by atoms with E-state index >= 15 is 0 Å². The van der Waals surface area contributed by atoms with Gasteiger partial charge in [0.1, 0.15) is 18.3 Å². The van der Waals surface area contributed by atoms with Crippen molar-refractivity contribution in [2.75, 3.05) is 5.73 Å². The summed E-state index contributed by atoms with van der Waals surface area (Å²) >= 11 is 0. The van der Waals surface area contributed by atoms with Crippen molar-refractivity contribution in [1.82, 2.24) is 0 Å². The molecule has 0 radical (unpaired) electrons. The van der Waals surface area contributed by atoms with Crippen molar-refractivity contribution < 1.29 is 34.7 Å². The molecule has 0 spiro atoms. The summed E-state index contributed by atoms with van der Waals surface area (Å²) in [5, 5.41) is 38.1. The number of aryl methyl sites for hydroxylation is 1. The van der Waals surface area contributed by atoms with Crippen LogP contribution in [-0.4, -0.2) is 57.3 Å². The van der Waals surface area contributed by atoms with Crippen molar-refractivity contribution in [2.45, 2.75) is 44.7 Å². The Balaban J connectivity index is 2.19. The van der Waals surface area contributed by atoms with Gasteiger partial charge in [-0.15, -0.1) is 0 Å². The number of aliphatic hydroxyl groups excluding tert-OH is 4. The number of benzene rings is 1. The van der Waals surface area contributed by atoms with Crippen LogP contribution in [0.25, 0.3) is 0 Å². The molecule has 0 aliphatic carbocycles. The van der Waals surface area contributed by atoms with E-state index in [1.54, 1.807) is 19.9 Å². The third-order valence-electron chi connectivity index (χ3n) is 3.68. The van der Waals surface area contributed by atoms with Gasteiger partial charge in [-0.1, -0.05) is 0 Å². The van der Waals surface area contributed by atoms with Crippen LogP contribution in [-0.2, 0) is 9.47 Å². The molecule has 1 fully saturated rings. The fourth-order valence-corrected chi connectivity index (χ4v) is 2.20. The number of ether oxygens (including phenoxy) is 2. The normalized spacial score (nSPS) is 31.8. The molecule has 1 aromatic carbocycles. The lowest BCUT2D eigenvalue weighted by molar-refractivity contribution is -0.327. The summed E-state index contributed by atoms with van der Waals surface area (Å²) in [5.41, 5.74) is 7.67. The van der Waals surface area contributed by atoms with Gasteiger partial charge in [0, 0.05) is 5.69 Å². The zero-order chi connectivity index (χ0) is 16.6. The average molecular weight is 313 g/mol. The molecule has 0 amide bonds. The first-order chi connectivity index (χ1) is 10.2. The Labute approximate surface area is 126 Å². The molecule has 1 aliphatic heterocycles. The number of aliphatic hydroxyl groups is 4. The monoisotopic (exact) mass is 313 g/mol. The molecule has 1 heterocycles. The van der Waals surface area contributed by atoms with Crippen molar-refractivity contribution in [1.29, 1.82) is 0 Å². The smallest absolute Gasteiger partial charge is 0.340 e. The molecule has 0 aromatic heterocycles. The van der Waals surface area contributed by atoms with Crippen LogP contribution < -0.4 is 5.73 Å². The molecule has 1 saturated heterocycles. The third kappa shape index (κ3) is 3.06. The Morgan fingerprint density at radius 3 is 2.41 bits per heavy atom. The van der Waals surface area contributed by atoms with E-state index in [0.29, 0.717) is 11.3 Å². The van der Waals surface area contributed by atoms with Gasteiger partial charge in [0.25, 0.3) is 0 Å². The van der Waals surface area contributed by atoms with E-state index in [1.165, 1.54) is 6.07 Å². The van der Waals surface area contributed by atoms with Crippen molar-refractivity contribution in [3.63, 3.8) is 0 Å². The number of nitrogens with two attached hydrogens (primary N) is 1. The first-order valence-electron chi connectivity index (χ1n) is 6.67. The standard InChI is InChI=1S/C14H19NO7/c1-5-3-7(15)4-8(6(5)2)12(19)21-14-11(18)9(16)10(17)13(20)22-14/h3-4,9-11,13-14,16-18,20H,15H2,1-2H3/t9-,10+,11-,13+,14-/m0/s1. The van der Waals surface area contributed by atoms with Gasteiger partial charge in [-0.3, -0.25) is 0 Å². The molecule has 5 atom stereocenters. The van der Waals surface area contributed by atoms with Crippen LogP contribution in [0.5, 0.6) is 0 Å². The predicted molar refractivity (Wildman–Crippen MR) is 74.6 cm³/mol. The molecule has 1 aromatic rings. The first kappa shape index (κ1) is 16.7. The summed E-state index contributed by atoms with van der Waals surface area (Å²) < 4.78 is 9.77. The molecule has 6 N–H and O–H groups in total. The number of anilines is 1. The molecule has 0 unspecified atom stereocenters. The minimum atomic E-state index is -1.78. The number of carbonyl (C=O) groups is 1. The molecule has 0 saturated carbocycles. The maximum atomic E-state index is 12.2. The van der Waals surface area contributed by atoms with Crippen molar-refractivity contribution in [2.24, 2.45) is 0 Å². The Morgan fingerprint density at radius 2 is 1.77 bits per heavy atom. The van der Waals surface area contributed by atoms with Crippen LogP contribution >= 0.6 is 0 Å². The first-order valence-corrected chi connectivity index (χ1v) is 6.67. The number of esters is 1. The van der Waals surface area contributed by atoms with Gasteiger partial charge in [-0.2, -0.15) is 0 Å². The summed E-state index contributed by atoms with van der Waals surface area (Å²) in [6.07, 6.45) is -8.47. The highest BCUT2D eigenvalue weighted by atomic mass is 16.8.